The number of rotatable bonds is 16. The fourth-order valence-corrected chi connectivity index (χ4v) is 7.95. The van der Waals surface area contributed by atoms with Crippen molar-refractivity contribution in [1.82, 2.24) is 20.0 Å². The van der Waals surface area contributed by atoms with Gasteiger partial charge in [-0.1, -0.05) is 39.5 Å². The predicted octanol–water partition coefficient (Wildman–Crippen LogP) is 0.694. The van der Waals surface area contributed by atoms with E-state index >= 15 is 0 Å². The normalized spacial score (nSPS) is 25.6. The molecule has 55 heavy (non-hydrogen) atoms. The molecule has 4 aliphatic rings. The van der Waals surface area contributed by atoms with E-state index in [0.717, 1.165) is 30.2 Å². The number of hydrogen-bond donors (Lipinski definition) is 6. The number of amides is 3. The number of carbonyl (C=O) groups excluding carboxylic acids is 6. The summed E-state index contributed by atoms with van der Waals surface area (Å²) < 4.78 is 10.1. The summed E-state index contributed by atoms with van der Waals surface area (Å²) >= 11 is 0. The van der Waals surface area contributed by atoms with Crippen molar-refractivity contribution in [2.24, 2.45) is 17.6 Å². The number of aliphatic hydroxyl groups is 4. The molecule has 0 bridgehead atoms. The summed E-state index contributed by atoms with van der Waals surface area (Å²) in [5, 5.41) is 48.7. The number of nitrogens with two attached hydrogens (primary N) is 1. The van der Waals surface area contributed by atoms with Crippen molar-refractivity contribution in [3.8, 4) is 0 Å². The van der Waals surface area contributed by atoms with Gasteiger partial charge < -0.3 is 45.9 Å². The van der Waals surface area contributed by atoms with Crippen LogP contribution in [0.2, 0.25) is 0 Å². The van der Waals surface area contributed by atoms with Crippen LogP contribution in [0.15, 0.2) is 45.9 Å². The molecule has 3 amide bonds. The molecule has 1 unspecified atom stereocenters. The van der Waals surface area contributed by atoms with Gasteiger partial charge in [-0.25, -0.2) is 4.79 Å². The van der Waals surface area contributed by atoms with Gasteiger partial charge in [-0.2, -0.15) is 0 Å². The Bertz CT molecular complexity index is 1700. The summed E-state index contributed by atoms with van der Waals surface area (Å²) in [4.78, 5) is 82.9. The summed E-state index contributed by atoms with van der Waals surface area (Å²) in [5.74, 6) is -9.87. The molecule has 0 saturated heterocycles. The van der Waals surface area contributed by atoms with Crippen molar-refractivity contribution in [3.05, 3.63) is 45.9 Å². The zero-order valence-corrected chi connectivity index (χ0v) is 32.4. The number of primary amides is 1. The van der Waals surface area contributed by atoms with Crippen LogP contribution in [-0.2, 0) is 33.4 Å². The second-order valence-corrected chi connectivity index (χ2v) is 15.1. The van der Waals surface area contributed by atoms with Gasteiger partial charge in [0.2, 0.25) is 24.3 Å². The number of allylic oxidation sites excluding steroid dienone is 2. The molecular weight excluding hydrogens is 718 g/mol. The SMILES string of the molecule is CCCCCCC(=O)OCOC(=O)N(CCCC)CC(=O)NC1C=C(N(C)C)C2=C(C(=O)C3=C[C@@]4(O)C(=O)C(C(N)=O)=C(O)[C@@H](N(C)C)[C@@H]4C[C@@H]3C2)C1(O)O. The van der Waals surface area contributed by atoms with E-state index in [1.54, 1.807) is 33.1 Å². The number of ether oxygens (including phenoxy) is 2. The smallest absolute Gasteiger partial charge is 0.413 e. The van der Waals surface area contributed by atoms with Crippen molar-refractivity contribution in [2.75, 3.05) is 48.1 Å². The molecule has 17 heteroatoms. The molecule has 0 aromatic carbocycles. The van der Waals surface area contributed by atoms with Crippen LogP contribution >= 0.6 is 0 Å². The number of aliphatic hydroxyl groups excluding tert-OH is 1. The lowest BCUT2D eigenvalue weighted by molar-refractivity contribution is -0.158. The van der Waals surface area contributed by atoms with Crippen molar-refractivity contribution < 1.29 is 58.7 Å². The van der Waals surface area contributed by atoms with Gasteiger partial charge in [0.05, 0.1) is 11.6 Å². The number of hydrogen-bond acceptors (Lipinski definition) is 14. The Kier molecular flexibility index (Phi) is 13.7. The number of unbranched alkanes of at least 4 members (excludes halogenated alkanes) is 4. The first-order chi connectivity index (χ1) is 25.8. The first-order valence-corrected chi connectivity index (χ1v) is 18.7. The average molecular weight is 774 g/mol. The first-order valence-electron chi connectivity index (χ1n) is 18.7. The Balaban J connectivity index is 1.57. The van der Waals surface area contributed by atoms with E-state index < -0.39 is 101 Å². The van der Waals surface area contributed by atoms with Crippen molar-refractivity contribution in [1.29, 1.82) is 0 Å². The third kappa shape index (κ3) is 8.79. The standard InChI is InChI=1S/C38H55N5O12/c1-7-9-11-12-13-28(45)54-20-55-36(50)43(14-10-8-2)19-27(44)40-26-17-25(41(3)4)22-15-21-16-24-31(42(5)6)33(47)29(35(39)49)34(48)37(24,51)18-23(21)32(46)30(22)38(26,52)53/h17-18,21,24,26,31,47,51-53H,7-16,19-20H2,1-6H3,(H2,39,49)(H,40,44)/t21-,24-,26?,31-,37-/m0/s1. The molecule has 7 N–H and O–H groups in total. The number of ketones is 2. The number of esters is 1. The highest BCUT2D eigenvalue weighted by Crippen LogP contribution is 2.52. The molecule has 0 spiro atoms. The number of carbonyl (C=O) groups is 6. The fraction of sp³-hybridized carbons (Fsp3) is 0.632. The first kappa shape index (κ1) is 43.2. The molecule has 0 radical (unpaired) electrons. The maximum atomic E-state index is 14.4. The summed E-state index contributed by atoms with van der Waals surface area (Å²) in [6, 6.07) is -2.62. The van der Waals surface area contributed by atoms with E-state index in [4.69, 9.17) is 15.2 Å². The van der Waals surface area contributed by atoms with Gasteiger partial charge in [-0.05, 0) is 63.4 Å². The van der Waals surface area contributed by atoms with Gasteiger partial charge >= 0.3 is 12.1 Å². The lowest BCUT2D eigenvalue weighted by atomic mass is 9.58. The molecule has 17 nitrogen and oxygen atoms in total. The highest BCUT2D eigenvalue weighted by atomic mass is 16.7. The van der Waals surface area contributed by atoms with Gasteiger partial charge in [0, 0.05) is 44.2 Å². The zero-order chi connectivity index (χ0) is 41.0. The topological polar surface area (TPSA) is 250 Å². The summed E-state index contributed by atoms with van der Waals surface area (Å²) in [6.07, 6.45) is 6.43. The number of likely N-dealkylation sites (N-methyl/N-ethyl adjacent to an activating group) is 2. The molecule has 304 valence electrons. The lowest BCUT2D eigenvalue weighted by Crippen LogP contribution is -2.62. The Morgan fingerprint density at radius 1 is 0.982 bits per heavy atom. The van der Waals surface area contributed by atoms with Crippen LogP contribution in [0.25, 0.3) is 0 Å². The van der Waals surface area contributed by atoms with E-state index in [1.807, 2.05) is 13.8 Å². The van der Waals surface area contributed by atoms with Crippen LogP contribution in [0.3, 0.4) is 0 Å². The van der Waals surface area contributed by atoms with E-state index in [0.29, 0.717) is 25.0 Å². The highest BCUT2D eigenvalue weighted by Gasteiger charge is 2.60. The second-order valence-electron chi connectivity index (χ2n) is 15.1. The quantitative estimate of drug-likeness (QED) is 0.0547. The zero-order valence-electron chi connectivity index (χ0n) is 32.4. The van der Waals surface area contributed by atoms with E-state index in [9.17, 15) is 49.2 Å². The van der Waals surface area contributed by atoms with E-state index in [2.05, 4.69) is 5.32 Å². The van der Waals surface area contributed by atoms with Gasteiger partial charge in [0.25, 0.3) is 5.91 Å². The number of nitrogens with one attached hydrogen (secondary N) is 1. The summed E-state index contributed by atoms with van der Waals surface area (Å²) in [7, 11) is 6.53. The molecule has 0 fully saturated rings. The Morgan fingerprint density at radius 2 is 1.65 bits per heavy atom. The third-order valence-corrected chi connectivity index (χ3v) is 10.7. The van der Waals surface area contributed by atoms with Crippen molar-refractivity contribution >= 4 is 35.4 Å². The maximum absolute atomic E-state index is 14.4. The minimum Gasteiger partial charge on any atom is -0.510 e. The minimum atomic E-state index is -2.99. The lowest BCUT2D eigenvalue weighted by Gasteiger charge is -2.50. The van der Waals surface area contributed by atoms with Gasteiger partial charge in [0.1, 0.15) is 23.9 Å². The Hall–Kier alpha value is -4.58. The Morgan fingerprint density at radius 3 is 2.25 bits per heavy atom. The Labute approximate surface area is 320 Å². The molecule has 4 rings (SSSR count). The molecular formula is C38H55N5O12. The molecule has 0 aromatic heterocycles. The van der Waals surface area contributed by atoms with Crippen LogP contribution in [0.4, 0.5) is 4.79 Å². The highest BCUT2D eigenvalue weighted by molar-refractivity contribution is 6.24. The van der Waals surface area contributed by atoms with Crippen LogP contribution in [0, 0.1) is 11.8 Å². The molecule has 5 atom stereocenters. The maximum Gasteiger partial charge on any atom is 0.413 e. The molecule has 0 heterocycles. The van der Waals surface area contributed by atoms with Crippen LogP contribution in [0.5, 0.6) is 0 Å². The monoisotopic (exact) mass is 773 g/mol. The second kappa shape index (κ2) is 17.5. The van der Waals surface area contributed by atoms with Crippen LogP contribution in [-0.4, -0.2) is 142 Å². The summed E-state index contributed by atoms with van der Waals surface area (Å²) in [6.45, 7) is 2.82. The largest absolute Gasteiger partial charge is 0.510 e. The minimum absolute atomic E-state index is 0.00211. The van der Waals surface area contributed by atoms with E-state index in [-0.39, 0.29) is 37.0 Å². The number of fused-ring (bicyclic) bond motifs is 2. The number of nitrogens with zero attached hydrogens (tertiary/aromatic N) is 3. The fourth-order valence-electron chi connectivity index (χ4n) is 7.95. The van der Waals surface area contributed by atoms with Gasteiger partial charge in [0.15, 0.2) is 11.4 Å². The molecule has 0 aliphatic heterocycles. The summed E-state index contributed by atoms with van der Waals surface area (Å²) in [5.41, 5.74) is 2.30. The third-order valence-electron chi connectivity index (χ3n) is 10.7. The average Bonchev–Trinajstić information content (AvgIpc) is 3.09. The van der Waals surface area contributed by atoms with Crippen LogP contribution in [0.1, 0.15) is 71.6 Å². The molecule has 0 saturated carbocycles. The molecule has 4 aliphatic carbocycles. The predicted molar refractivity (Wildman–Crippen MR) is 196 cm³/mol. The van der Waals surface area contributed by atoms with Gasteiger partial charge in [-0.3, -0.25) is 33.8 Å². The van der Waals surface area contributed by atoms with Crippen molar-refractivity contribution in [2.45, 2.75) is 95.1 Å². The van der Waals surface area contributed by atoms with Crippen LogP contribution < -0.4 is 11.1 Å². The van der Waals surface area contributed by atoms with Gasteiger partial charge in [-0.15, -0.1) is 0 Å². The van der Waals surface area contributed by atoms with Crippen molar-refractivity contribution in [3.63, 3.8) is 0 Å². The molecule has 0 aromatic rings. The number of Topliss-reactive ketones (excluding diaryl/α,β-unsaturated/α-hetero) is 2. The van der Waals surface area contributed by atoms with E-state index in [1.165, 1.54) is 11.0 Å².